The van der Waals surface area contributed by atoms with E-state index >= 15 is 0 Å². The van der Waals surface area contributed by atoms with Gasteiger partial charge in [0.05, 0.1) is 30.9 Å². The molecule has 2 aromatic heterocycles. The van der Waals surface area contributed by atoms with E-state index in [0.717, 1.165) is 60.3 Å². The Morgan fingerprint density at radius 2 is 1.49 bits per heavy atom. The van der Waals surface area contributed by atoms with Crippen molar-refractivity contribution >= 4 is 23.2 Å². The number of nitrogens with one attached hydrogen (secondary N) is 1. The molecule has 0 saturated heterocycles. The van der Waals surface area contributed by atoms with Gasteiger partial charge in [-0.25, -0.2) is 15.0 Å². The number of ether oxygens (including phenoxy) is 3. The quantitative estimate of drug-likeness (QED) is 0.115. The fourth-order valence-corrected chi connectivity index (χ4v) is 6.57. The van der Waals surface area contributed by atoms with Crippen LogP contribution in [0, 0.1) is 6.92 Å². The SMILES string of the molecule is CC.CCC.CN=C(C)Nc1c2c(cc(C)c1-c1ccnc(OC(C)COC)c1)CCC2.COc1cc(-c2ccc3c(c2N=C(N)N)CCC3)ccn1. The molecule has 0 fully saturated rings. The van der Waals surface area contributed by atoms with E-state index in [1.54, 1.807) is 26.6 Å². The molecule has 6 rings (SSSR count). The zero-order chi connectivity index (χ0) is 38.9. The molecule has 0 saturated carbocycles. The maximum absolute atomic E-state index is 5.91. The smallest absolute Gasteiger partial charge is 0.214 e. The number of hydrogen-bond acceptors (Lipinski definition) is 7. The number of fused-ring (bicyclic) bond motifs is 2. The van der Waals surface area contributed by atoms with Crippen LogP contribution < -0.4 is 26.3 Å². The lowest BCUT2D eigenvalue weighted by atomic mass is 9.93. The minimum absolute atomic E-state index is 0.0501. The summed E-state index contributed by atoms with van der Waals surface area (Å²) in [5.74, 6) is 2.18. The highest BCUT2D eigenvalue weighted by atomic mass is 16.5. The van der Waals surface area contributed by atoms with Crippen LogP contribution in [0.2, 0.25) is 0 Å². The first-order chi connectivity index (χ1) is 25.6. The Morgan fingerprint density at radius 1 is 0.868 bits per heavy atom. The topological polar surface area (TPSA) is 142 Å². The third-order valence-corrected chi connectivity index (χ3v) is 8.73. The molecule has 1 atom stereocenters. The number of aryl methyl sites for hydroxylation is 3. The molecule has 10 nitrogen and oxygen atoms in total. The molecular formula is C43H61N7O3. The van der Waals surface area contributed by atoms with Gasteiger partial charge >= 0.3 is 0 Å². The summed E-state index contributed by atoms with van der Waals surface area (Å²) in [6.45, 7) is 14.9. The number of aromatic nitrogens is 2. The van der Waals surface area contributed by atoms with E-state index in [1.807, 2.05) is 59.0 Å². The first kappa shape index (κ1) is 42.5. The lowest BCUT2D eigenvalue weighted by Crippen LogP contribution is -2.22. The predicted octanol–water partition coefficient (Wildman–Crippen LogP) is 9.01. The number of nitrogens with zero attached hydrogens (tertiary/aromatic N) is 4. The molecule has 4 aromatic rings. The van der Waals surface area contributed by atoms with Crippen LogP contribution in [0.1, 0.15) is 88.6 Å². The van der Waals surface area contributed by atoms with Crippen LogP contribution in [0.25, 0.3) is 22.3 Å². The Balaban J connectivity index is 0.000000260. The molecule has 53 heavy (non-hydrogen) atoms. The summed E-state index contributed by atoms with van der Waals surface area (Å²) in [4.78, 5) is 17.2. The zero-order valence-corrected chi connectivity index (χ0v) is 33.6. The van der Waals surface area contributed by atoms with Crippen LogP contribution >= 0.6 is 0 Å². The van der Waals surface area contributed by atoms with E-state index in [4.69, 9.17) is 25.7 Å². The maximum Gasteiger partial charge on any atom is 0.214 e. The van der Waals surface area contributed by atoms with E-state index in [-0.39, 0.29) is 12.1 Å². The van der Waals surface area contributed by atoms with Crippen molar-refractivity contribution in [3.63, 3.8) is 0 Å². The van der Waals surface area contributed by atoms with Gasteiger partial charge in [0.1, 0.15) is 6.10 Å². The zero-order valence-electron chi connectivity index (χ0n) is 33.6. The van der Waals surface area contributed by atoms with Gasteiger partial charge in [-0.05, 0) is 110 Å². The molecule has 0 bridgehead atoms. The van der Waals surface area contributed by atoms with Gasteiger partial charge in [0.2, 0.25) is 11.8 Å². The van der Waals surface area contributed by atoms with Crippen molar-refractivity contribution in [2.24, 2.45) is 21.5 Å². The van der Waals surface area contributed by atoms with Crippen LogP contribution in [0.4, 0.5) is 11.4 Å². The fraction of sp³-hybridized carbons (Fsp3) is 0.442. The average Bonchev–Trinajstić information content (AvgIpc) is 3.83. The first-order valence-corrected chi connectivity index (χ1v) is 18.9. The van der Waals surface area contributed by atoms with Gasteiger partial charge in [-0.1, -0.05) is 52.3 Å². The van der Waals surface area contributed by atoms with E-state index in [9.17, 15) is 0 Å². The van der Waals surface area contributed by atoms with Crippen LogP contribution in [0.15, 0.2) is 64.8 Å². The Bertz CT molecular complexity index is 1830. The van der Waals surface area contributed by atoms with Crippen LogP contribution in [-0.4, -0.2) is 55.7 Å². The standard InChI is InChI=1S/C22H29N3O2.C16H18N4O.C3H8.C2H6/c1-14-11-17-7-6-8-19(17)22(25-16(3)23-4)21(14)18-9-10-24-20(12-18)27-15(2)13-26-5;1-21-14-9-11(7-8-19-14)13-6-5-10-3-2-4-12(10)15(13)20-16(17)18;1-3-2;1-2/h9-12,15H,6-8,13H2,1-5H3,(H,23,25);5-9H,2-4H2,1H3,(H4,17,18,20);3H2,1-2H3;1-2H3. The summed E-state index contributed by atoms with van der Waals surface area (Å²) in [6, 6.07) is 14.4. The molecule has 1 unspecified atom stereocenters. The van der Waals surface area contributed by atoms with Gasteiger partial charge in [0.15, 0.2) is 5.96 Å². The van der Waals surface area contributed by atoms with Gasteiger partial charge in [-0.3, -0.25) is 4.99 Å². The number of rotatable bonds is 9. The number of hydrogen-bond donors (Lipinski definition) is 3. The molecule has 0 amide bonds. The number of guanidine groups is 1. The Morgan fingerprint density at radius 3 is 2.13 bits per heavy atom. The third-order valence-electron chi connectivity index (χ3n) is 8.73. The minimum Gasteiger partial charge on any atom is -0.481 e. The number of amidine groups is 1. The first-order valence-electron chi connectivity index (χ1n) is 18.9. The second-order valence-corrected chi connectivity index (χ2v) is 12.9. The van der Waals surface area contributed by atoms with E-state index in [2.05, 4.69) is 64.2 Å². The van der Waals surface area contributed by atoms with E-state index in [0.29, 0.717) is 18.4 Å². The third kappa shape index (κ3) is 11.5. The summed E-state index contributed by atoms with van der Waals surface area (Å²) in [5, 5.41) is 3.55. The van der Waals surface area contributed by atoms with Gasteiger partial charge in [0.25, 0.3) is 0 Å². The molecule has 2 aromatic carbocycles. The largest absolute Gasteiger partial charge is 0.481 e. The van der Waals surface area contributed by atoms with Crippen molar-refractivity contribution in [2.45, 2.75) is 99.5 Å². The molecule has 2 aliphatic rings. The number of aliphatic imine (C=N–C) groups is 2. The lowest BCUT2D eigenvalue weighted by molar-refractivity contribution is 0.0890. The molecule has 286 valence electrons. The number of benzene rings is 2. The average molecular weight is 724 g/mol. The lowest BCUT2D eigenvalue weighted by Gasteiger charge is -2.20. The second-order valence-electron chi connectivity index (χ2n) is 12.9. The van der Waals surface area contributed by atoms with Gasteiger partial charge in [0, 0.05) is 49.8 Å². The van der Waals surface area contributed by atoms with Gasteiger partial charge < -0.3 is 31.0 Å². The summed E-state index contributed by atoms with van der Waals surface area (Å²) >= 11 is 0. The molecule has 0 radical (unpaired) electrons. The highest BCUT2D eigenvalue weighted by Crippen LogP contribution is 2.41. The van der Waals surface area contributed by atoms with Crippen molar-refractivity contribution in [3.8, 4) is 34.0 Å². The number of nitrogens with two attached hydrogens (primary N) is 2. The van der Waals surface area contributed by atoms with Crippen molar-refractivity contribution < 1.29 is 14.2 Å². The normalized spacial score (nSPS) is 13.1. The number of anilines is 1. The highest BCUT2D eigenvalue weighted by Gasteiger charge is 2.22. The van der Waals surface area contributed by atoms with Crippen molar-refractivity contribution in [1.82, 2.24) is 9.97 Å². The maximum atomic E-state index is 5.91. The van der Waals surface area contributed by atoms with E-state index < -0.39 is 0 Å². The van der Waals surface area contributed by atoms with Crippen LogP contribution in [0.3, 0.4) is 0 Å². The van der Waals surface area contributed by atoms with Crippen molar-refractivity contribution in [3.05, 3.63) is 82.7 Å². The molecule has 10 heteroatoms. The molecule has 2 heterocycles. The van der Waals surface area contributed by atoms with Crippen LogP contribution in [-0.2, 0) is 30.4 Å². The number of pyridine rings is 2. The summed E-state index contributed by atoms with van der Waals surface area (Å²) in [5.41, 5.74) is 24.3. The summed E-state index contributed by atoms with van der Waals surface area (Å²) in [7, 11) is 5.09. The van der Waals surface area contributed by atoms with Gasteiger partial charge in [-0.2, -0.15) is 0 Å². The van der Waals surface area contributed by atoms with Crippen molar-refractivity contribution in [2.75, 3.05) is 33.2 Å². The Kier molecular flexibility index (Phi) is 17.3. The van der Waals surface area contributed by atoms with Crippen LogP contribution in [0.5, 0.6) is 11.8 Å². The minimum atomic E-state index is -0.0501. The molecule has 0 aliphatic heterocycles. The van der Waals surface area contributed by atoms with E-state index in [1.165, 1.54) is 51.9 Å². The summed E-state index contributed by atoms with van der Waals surface area (Å²) in [6.07, 6.45) is 11.4. The highest BCUT2D eigenvalue weighted by molar-refractivity contribution is 6.00. The van der Waals surface area contributed by atoms with Crippen molar-refractivity contribution in [1.29, 1.82) is 0 Å². The monoisotopic (exact) mass is 723 g/mol. The summed E-state index contributed by atoms with van der Waals surface area (Å²) < 4.78 is 16.3. The van der Waals surface area contributed by atoms with Gasteiger partial charge in [-0.15, -0.1) is 0 Å². The fourth-order valence-electron chi connectivity index (χ4n) is 6.57. The Labute approximate surface area is 317 Å². The molecular weight excluding hydrogens is 663 g/mol. The second kappa shape index (κ2) is 21.5. The Hall–Kier alpha value is -4.96. The molecule has 5 N–H and O–H groups in total. The number of methoxy groups -OCH3 is 2. The predicted molar refractivity (Wildman–Crippen MR) is 222 cm³/mol. The molecule has 2 aliphatic carbocycles. The molecule has 0 spiro atoms.